The molecule has 0 saturated heterocycles. The first-order valence-corrected chi connectivity index (χ1v) is 8.92. The lowest BCUT2D eigenvalue weighted by atomic mass is 10.2. The highest BCUT2D eigenvalue weighted by molar-refractivity contribution is 5.85. The summed E-state index contributed by atoms with van der Waals surface area (Å²) in [6.07, 6.45) is 0. The van der Waals surface area contributed by atoms with Gasteiger partial charge in [-0.2, -0.15) is 0 Å². The maximum Gasteiger partial charge on any atom is 0.0642 e. The van der Waals surface area contributed by atoms with Crippen LogP contribution in [0, 0.1) is 0 Å². The van der Waals surface area contributed by atoms with E-state index >= 15 is 0 Å². The molecule has 26 heavy (non-hydrogen) atoms. The molecule has 0 spiro atoms. The Kier molecular flexibility index (Phi) is 9.70. The molecule has 0 unspecified atom stereocenters. The van der Waals surface area contributed by atoms with Crippen LogP contribution in [0.3, 0.4) is 0 Å². The fourth-order valence-electron chi connectivity index (χ4n) is 2.76. The number of ether oxygens (including phenoxy) is 1. The first kappa shape index (κ1) is 21.9. The summed E-state index contributed by atoms with van der Waals surface area (Å²) in [5, 5.41) is 0. The summed E-state index contributed by atoms with van der Waals surface area (Å²) in [6.45, 7) is 9.34. The zero-order valence-electron chi connectivity index (χ0n) is 15.7. The molecule has 0 heterocycles. The third kappa shape index (κ3) is 6.65. The number of nitrogen functional groups attached to an aromatic ring is 2. The molecule has 5 nitrogen and oxygen atoms in total. The Morgan fingerprint density at radius 3 is 1.35 bits per heavy atom. The highest BCUT2D eigenvalue weighted by Crippen LogP contribution is 2.17. The lowest BCUT2D eigenvalue weighted by Gasteiger charge is -2.25. The van der Waals surface area contributed by atoms with Gasteiger partial charge < -0.3 is 26.0 Å². The average Bonchev–Trinajstić information content (AvgIpc) is 2.63. The van der Waals surface area contributed by atoms with Crippen LogP contribution in [0.1, 0.15) is 13.8 Å². The molecule has 6 heteroatoms. The minimum Gasteiger partial charge on any atom is -0.399 e. The summed E-state index contributed by atoms with van der Waals surface area (Å²) in [7, 11) is 0. The number of nitrogens with zero attached hydrogens (tertiary/aromatic N) is 2. The molecule has 4 N–H and O–H groups in total. The SMILES string of the molecule is CCN(CCOCCN(CC)c1ccc(N)cc1)c1ccc(N)cc1.Cl. The highest BCUT2D eigenvalue weighted by Gasteiger charge is 2.06. The van der Waals surface area contributed by atoms with Crippen molar-refractivity contribution in [3.8, 4) is 0 Å². The Labute approximate surface area is 163 Å². The van der Waals surface area contributed by atoms with E-state index in [0.29, 0.717) is 13.2 Å². The van der Waals surface area contributed by atoms with Crippen LogP contribution < -0.4 is 21.3 Å². The lowest BCUT2D eigenvalue weighted by Crippen LogP contribution is -2.30. The zero-order chi connectivity index (χ0) is 18.1. The summed E-state index contributed by atoms with van der Waals surface area (Å²) in [5.41, 5.74) is 15.4. The molecular weight excluding hydrogens is 348 g/mol. The summed E-state index contributed by atoms with van der Waals surface area (Å²) in [5.74, 6) is 0. The Hall–Kier alpha value is -2.11. The topological polar surface area (TPSA) is 67.8 Å². The summed E-state index contributed by atoms with van der Waals surface area (Å²) in [4.78, 5) is 4.58. The zero-order valence-corrected chi connectivity index (χ0v) is 16.5. The minimum absolute atomic E-state index is 0. The van der Waals surface area contributed by atoms with Crippen LogP contribution in [-0.4, -0.2) is 39.4 Å². The van der Waals surface area contributed by atoms with E-state index < -0.39 is 0 Å². The van der Waals surface area contributed by atoms with Crippen LogP contribution in [0.15, 0.2) is 48.5 Å². The standard InChI is InChI=1S/C20H30N4O.ClH/c1-3-23(19-9-5-17(21)6-10-19)13-15-25-16-14-24(4-2)20-11-7-18(22)8-12-20;/h5-12H,3-4,13-16,21-22H2,1-2H3;1H. The van der Waals surface area contributed by atoms with Gasteiger partial charge in [0.1, 0.15) is 0 Å². The molecule has 0 saturated carbocycles. The Morgan fingerprint density at radius 2 is 1.04 bits per heavy atom. The van der Waals surface area contributed by atoms with Gasteiger partial charge in [0.2, 0.25) is 0 Å². The van der Waals surface area contributed by atoms with E-state index in [1.807, 2.05) is 24.3 Å². The van der Waals surface area contributed by atoms with Crippen LogP contribution in [0.2, 0.25) is 0 Å². The molecule has 2 aromatic carbocycles. The second kappa shape index (κ2) is 11.5. The molecule has 144 valence electrons. The monoisotopic (exact) mass is 378 g/mol. The van der Waals surface area contributed by atoms with Gasteiger partial charge in [-0.15, -0.1) is 12.4 Å². The van der Waals surface area contributed by atoms with Gasteiger partial charge in [0.15, 0.2) is 0 Å². The van der Waals surface area contributed by atoms with Gasteiger partial charge in [-0.1, -0.05) is 0 Å². The van der Waals surface area contributed by atoms with E-state index in [1.54, 1.807) is 0 Å². The van der Waals surface area contributed by atoms with E-state index in [-0.39, 0.29) is 12.4 Å². The number of rotatable bonds is 10. The van der Waals surface area contributed by atoms with Crippen LogP contribution >= 0.6 is 12.4 Å². The van der Waals surface area contributed by atoms with Crippen LogP contribution in [0.5, 0.6) is 0 Å². The van der Waals surface area contributed by atoms with Gasteiger partial charge in [0.25, 0.3) is 0 Å². The Bertz CT molecular complexity index is 563. The third-order valence-corrected chi connectivity index (χ3v) is 4.29. The lowest BCUT2D eigenvalue weighted by molar-refractivity contribution is 0.146. The van der Waals surface area contributed by atoms with Crippen molar-refractivity contribution in [2.45, 2.75) is 13.8 Å². The number of benzene rings is 2. The predicted octanol–water partition coefficient (Wildman–Crippen LogP) is 3.64. The fourth-order valence-corrected chi connectivity index (χ4v) is 2.76. The quantitative estimate of drug-likeness (QED) is 0.488. The van der Waals surface area contributed by atoms with Crippen molar-refractivity contribution in [1.82, 2.24) is 0 Å². The van der Waals surface area contributed by atoms with Crippen LogP contribution in [-0.2, 0) is 4.74 Å². The molecule has 0 radical (unpaired) electrons. The fraction of sp³-hybridized carbons (Fsp3) is 0.400. The second-order valence-electron chi connectivity index (χ2n) is 5.95. The van der Waals surface area contributed by atoms with Gasteiger partial charge in [-0.05, 0) is 62.4 Å². The van der Waals surface area contributed by atoms with Gasteiger partial charge in [-0.3, -0.25) is 0 Å². The number of hydrogen-bond acceptors (Lipinski definition) is 5. The van der Waals surface area contributed by atoms with Crippen molar-refractivity contribution in [3.05, 3.63) is 48.5 Å². The average molecular weight is 379 g/mol. The van der Waals surface area contributed by atoms with Crippen LogP contribution in [0.25, 0.3) is 0 Å². The van der Waals surface area contributed by atoms with Crippen molar-refractivity contribution in [2.24, 2.45) is 0 Å². The van der Waals surface area contributed by atoms with Crippen molar-refractivity contribution in [2.75, 3.05) is 60.7 Å². The highest BCUT2D eigenvalue weighted by atomic mass is 35.5. The summed E-state index contributed by atoms with van der Waals surface area (Å²) < 4.78 is 5.86. The van der Waals surface area contributed by atoms with E-state index in [0.717, 1.165) is 37.6 Å². The van der Waals surface area contributed by atoms with Crippen molar-refractivity contribution < 1.29 is 4.74 Å². The van der Waals surface area contributed by atoms with Crippen LogP contribution in [0.4, 0.5) is 22.7 Å². The molecule has 0 atom stereocenters. The van der Waals surface area contributed by atoms with Crippen molar-refractivity contribution in [1.29, 1.82) is 0 Å². The molecule has 0 aromatic heterocycles. The van der Waals surface area contributed by atoms with E-state index in [2.05, 4.69) is 47.9 Å². The smallest absolute Gasteiger partial charge is 0.0642 e. The normalized spacial score (nSPS) is 10.2. The number of halogens is 1. The number of anilines is 4. The van der Waals surface area contributed by atoms with E-state index in [9.17, 15) is 0 Å². The molecular formula is C20H31ClN4O. The van der Waals surface area contributed by atoms with E-state index in [4.69, 9.17) is 16.2 Å². The number of likely N-dealkylation sites (N-methyl/N-ethyl adjacent to an activating group) is 2. The molecule has 0 aliphatic rings. The molecule has 0 aliphatic heterocycles. The van der Waals surface area contributed by atoms with Gasteiger partial charge in [0.05, 0.1) is 13.2 Å². The first-order valence-electron chi connectivity index (χ1n) is 8.92. The first-order chi connectivity index (χ1) is 12.1. The molecule has 2 aromatic rings. The summed E-state index contributed by atoms with van der Waals surface area (Å²) in [6, 6.07) is 16.0. The second-order valence-corrected chi connectivity index (χ2v) is 5.95. The molecule has 0 fully saturated rings. The van der Waals surface area contributed by atoms with Gasteiger partial charge >= 0.3 is 0 Å². The molecule has 0 bridgehead atoms. The number of hydrogen-bond donors (Lipinski definition) is 2. The van der Waals surface area contributed by atoms with Gasteiger partial charge in [-0.25, -0.2) is 0 Å². The third-order valence-electron chi connectivity index (χ3n) is 4.29. The van der Waals surface area contributed by atoms with Gasteiger partial charge in [0, 0.05) is 48.9 Å². The Morgan fingerprint density at radius 1 is 0.692 bits per heavy atom. The molecule has 2 rings (SSSR count). The van der Waals surface area contributed by atoms with Crippen molar-refractivity contribution in [3.63, 3.8) is 0 Å². The van der Waals surface area contributed by atoms with Crippen molar-refractivity contribution >= 4 is 35.2 Å². The maximum atomic E-state index is 5.86. The molecule has 0 aliphatic carbocycles. The minimum atomic E-state index is 0. The summed E-state index contributed by atoms with van der Waals surface area (Å²) >= 11 is 0. The molecule has 0 amide bonds. The maximum absolute atomic E-state index is 5.86. The predicted molar refractivity (Wildman–Crippen MR) is 116 cm³/mol. The van der Waals surface area contributed by atoms with E-state index in [1.165, 1.54) is 11.4 Å². The Balaban J connectivity index is 0.00000338. The largest absolute Gasteiger partial charge is 0.399 e. The number of nitrogens with two attached hydrogens (primary N) is 2.